The first-order valence-electron chi connectivity index (χ1n) is 7.28. The van der Waals surface area contributed by atoms with E-state index in [1.807, 2.05) is 32.0 Å². The van der Waals surface area contributed by atoms with Crippen molar-refractivity contribution in [3.63, 3.8) is 0 Å². The molecular weight excluding hydrogens is 292 g/mol. The molecule has 0 N–H and O–H groups in total. The number of alkyl halides is 1. The summed E-state index contributed by atoms with van der Waals surface area (Å²) in [7, 11) is -2.57. The molecule has 5 heteroatoms. The molecule has 1 aromatic carbocycles. The number of rotatable bonds is 11. The van der Waals surface area contributed by atoms with Gasteiger partial charge in [-0.1, -0.05) is 30.3 Å². The van der Waals surface area contributed by atoms with Gasteiger partial charge in [-0.2, -0.15) is 0 Å². The lowest BCUT2D eigenvalue weighted by Crippen LogP contribution is -2.46. The highest BCUT2D eigenvalue weighted by Gasteiger charge is 2.40. The molecule has 0 bridgehead atoms. The van der Waals surface area contributed by atoms with E-state index in [0.29, 0.717) is 25.7 Å². The van der Waals surface area contributed by atoms with Gasteiger partial charge in [0.2, 0.25) is 0 Å². The summed E-state index contributed by atoms with van der Waals surface area (Å²) in [6, 6.07) is 11.2. The van der Waals surface area contributed by atoms with Crippen molar-refractivity contribution < 1.29 is 13.3 Å². The molecular formula is C15H25ClO3Si. The molecule has 0 aromatic heterocycles. The molecule has 1 rings (SSSR count). The molecule has 1 aromatic rings. The number of hydrogen-bond donors (Lipinski definition) is 0. The van der Waals surface area contributed by atoms with Crippen LogP contribution in [0.15, 0.2) is 30.3 Å². The molecule has 0 aliphatic carbocycles. The normalized spacial score (nSPS) is 11.8. The van der Waals surface area contributed by atoms with Crippen LogP contribution in [0.1, 0.15) is 25.8 Å². The molecule has 3 nitrogen and oxygen atoms in total. The molecule has 0 saturated heterocycles. The van der Waals surface area contributed by atoms with Gasteiger partial charge in [0.25, 0.3) is 0 Å². The Morgan fingerprint density at radius 2 is 1.65 bits per heavy atom. The van der Waals surface area contributed by atoms with Crippen molar-refractivity contribution in [1.82, 2.24) is 0 Å². The maximum Gasteiger partial charge on any atom is 0.501 e. The second-order valence-electron chi connectivity index (χ2n) is 4.43. The van der Waals surface area contributed by atoms with Crippen molar-refractivity contribution in [2.24, 2.45) is 0 Å². The lowest BCUT2D eigenvalue weighted by atomic mass is 10.2. The smallest absolute Gasteiger partial charge is 0.374 e. The van der Waals surface area contributed by atoms with Crippen LogP contribution in [0.4, 0.5) is 0 Å². The molecule has 0 fully saturated rings. The number of hydrogen-bond acceptors (Lipinski definition) is 3. The molecule has 0 aliphatic heterocycles. The minimum Gasteiger partial charge on any atom is -0.374 e. The highest BCUT2D eigenvalue weighted by atomic mass is 35.5. The lowest BCUT2D eigenvalue weighted by Gasteiger charge is -2.29. The van der Waals surface area contributed by atoms with Crippen molar-refractivity contribution in [2.75, 3.05) is 25.7 Å². The first-order valence-corrected chi connectivity index (χ1v) is 9.74. The van der Waals surface area contributed by atoms with Gasteiger partial charge in [0, 0.05) is 31.7 Å². The highest BCUT2D eigenvalue weighted by Crippen LogP contribution is 2.19. The Morgan fingerprint density at radius 1 is 1.00 bits per heavy atom. The van der Waals surface area contributed by atoms with E-state index in [9.17, 15) is 0 Å². The summed E-state index contributed by atoms with van der Waals surface area (Å²) in [6.45, 7) is 5.79. The van der Waals surface area contributed by atoms with Gasteiger partial charge in [-0.15, -0.1) is 11.6 Å². The summed E-state index contributed by atoms with van der Waals surface area (Å²) in [6.07, 6.45) is 1.73. The Hall–Kier alpha value is -0.393. The maximum atomic E-state index is 5.98. The van der Waals surface area contributed by atoms with Crippen molar-refractivity contribution in [1.29, 1.82) is 0 Å². The van der Waals surface area contributed by atoms with E-state index in [1.165, 1.54) is 5.56 Å². The largest absolute Gasteiger partial charge is 0.501 e. The SMILES string of the molecule is CCO[Si](CCc1ccccc1)(OCC)OCCCCl. The molecule has 0 spiro atoms. The van der Waals surface area contributed by atoms with E-state index in [0.717, 1.165) is 18.9 Å². The molecule has 0 aliphatic rings. The van der Waals surface area contributed by atoms with Gasteiger partial charge in [-0.05, 0) is 32.3 Å². The van der Waals surface area contributed by atoms with Gasteiger partial charge < -0.3 is 13.3 Å². The van der Waals surface area contributed by atoms with Crippen LogP contribution in [-0.2, 0) is 19.7 Å². The van der Waals surface area contributed by atoms with Crippen LogP contribution in [0.5, 0.6) is 0 Å². The standard InChI is InChI=1S/C15H25ClO3Si/c1-3-17-20(18-4-2,19-13-8-12-16)14-11-15-9-6-5-7-10-15/h5-7,9-10H,3-4,8,11-14H2,1-2H3. The summed E-state index contributed by atoms with van der Waals surface area (Å²) in [4.78, 5) is 0. The van der Waals surface area contributed by atoms with Gasteiger partial charge in [-0.3, -0.25) is 0 Å². The lowest BCUT2D eigenvalue weighted by molar-refractivity contribution is 0.0674. The maximum absolute atomic E-state index is 5.98. The minimum atomic E-state index is -2.57. The van der Waals surface area contributed by atoms with Gasteiger partial charge in [-0.25, -0.2) is 0 Å². The fourth-order valence-corrected chi connectivity index (χ4v) is 4.73. The summed E-state index contributed by atoms with van der Waals surface area (Å²) >= 11 is 5.71. The Morgan fingerprint density at radius 3 is 2.20 bits per heavy atom. The van der Waals surface area contributed by atoms with Gasteiger partial charge in [0.05, 0.1) is 0 Å². The van der Waals surface area contributed by atoms with E-state index in [-0.39, 0.29) is 0 Å². The Labute approximate surface area is 128 Å². The van der Waals surface area contributed by atoms with Crippen molar-refractivity contribution >= 4 is 20.4 Å². The molecule has 0 heterocycles. The second kappa shape index (κ2) is 10.4. The third-order valence-electron chi connectivity index (χ3n) is 2.89. The predicted octanol–water partition coefficient (Wildman–Crippen LogP) is 3.89. The second-order valence-corrected chi connectivity index (χ2v) is 7.54. The van der Waals surface area contributed by atoms with Gasteiger partial charge in [0.15, 0.2) is 0 Å². The molecule has 0 saturated carbocycles. The molecule has 0 radical (unpaired) electrons. The highest BCUT2D eigenvalue weighted by molar-refractivity contribution is 6.60. The Balaban J connectivity index is 2.63. The van der Waals surface area contributed by atoms with Gasteiger partial charge in [0.1, 0.15) is 0 Å². The quantitative estimate of drug-likeness (QED) is 0.352. The Bertz CT molecular complexity index is 342. The molecule has 0 unspecified atom stereocenters. The number of halogens is 1. The van der Waals surface area contributed by atoms with E-state index in [2.05, 4.69) is 12.1 Å². The molecule has 20 heavy (non-hydrogen) atoms. The van der Waals surface area contributed by atoms with Gasteiger partial charge >= 0.3 is 8.80 Å². The summed E-state index contributed by atoms with van der Waals surface area (Å²) in [5.74, 6) is 0.599. The zero-order valence-corrected chi connectivity index (χ0v) is 14.2. The molecule has 0 atom stereocenters. The van der Waals surface area contributed by atoms with Crippen LogP contribution >= 0.6 is 11.6 Å². The van der Waals surface area contributed by atoms with Crippen LogP contribution in [0.25, 0.3) is 0 Å². The first kappa shape index (κ1) is 17.7. The molecule has 114 valence electrons. The summed E-state index contributed by atoms with van der Waals surface area (Å²) < 4.78 is 17.8. The van der Waals surface area contributed by atoms with E-state index in [4.69, 9.17) is 24.9 Å². The van der Waals surface area contributed by atoms with Crippen LogP contribution in [0.3, 0.4) is 0 Å². The van der Waals surface area contributed by atoms with Crippen molar-refractivity contribution in [2.45, 2.75) is 32.7 Å². The van der Waals surface area contributed by atoms with Crippen molar-refractivity contribution in [3.05, 3.63) is 35.9 Å². The number of aryl methyl sites for hydroxylation is 1. The Kier molecular flexibility index (Phi) is 9.14. The monoisotopic (exact) mass is 316 g/mol. The summed E-state index contributed by atoms with van der Waals surface area (Å²) in [5.41, 5.74) is 1.28. The number of benzene rings is 1. The van der Waals surface area contributed by atoms with Crippen LogP contribution in [0.2, 0.25) is 6.04 Å². The van der Waals surface area contributed by atoms with E-state index >= 15 is 0 Å². The third kappa shape index (κ3) is 6.37. The average Bonchev–Trinajstić information content (AvgIpc) is 2.47. The zero-order chi connectivity index (χ0) is 14.7. The summed E-state index contributed by atoms with van der Waals surface area (Å²) in [5, 5.41) is 0. The van der Waals surface area contributed by atoms with Crippen molar-refractivity contribution in [3.8, 4) is 0 Å². The van der Waals surface area contributed by atoms with E-state index in [1.54, 1.807) is 0 Å². The van der Waals surface area contributed by atoms with Crippen LogP contribution < -0.4 is 0 Å². The van der Waals surface area contributed by atoms with Crippen LogP contribution in [0, 0.1) is 0 Å². The van der Waals surface area contributed by atoms with Crippen LogP contribution in [-0.4, -0.2) is 34.5 Å². The fourth-order valence-electron chi connectivity index (χ4n) is 2.01. The van der Waals surface area contributed by atoms with E-state index < -0.39 is 8.80 Å². The minimum absolute atomic E-state index is 0.599. The predicted molar refractivity (Wildman–Crippen MR) is 85.2 cm³/mol. The first-order chi connectivity index (χ1) is 9.76. The molecule has 0 amide bonds. The third-order valence-corrected chi connectivity index (χ3v) is 6.12. The fraction of sp³-hybridized carbons (Fsp3) is 0.600. The topological polar surface area (TPSA) is 27.7 Å². The zero-order valence-electron chi connectivity index (χ0n) is 12.4. The average molecular weight is 317 g/mol.